The maximum absolute atomic E-state index is 12.8. The van der Waals surface area contributed by atoms with E-state index in [9.17, 15) is 4.79 Å². The fourth-order valence-corrected chi connectivity index (χ4v) is 2.96. The van der Waals surface area contributed by atoms with E-state index in [1.165, 1.54) is 0 Å². The molecule has 0 saturated carbocycles. The normalized spacial score (nSPS) is 18.4. The van der Waals surface area contributed by atoms with E-state index in [-0.39, 0.29) is 11.9 Å². The summed E-state index contributed by atoms with van der Waals surface area (Å²) in [4.78, 5) is 14.7. The molecule has 1 atom stereocenters. The number of likely N-dealkylation sites (tertiary alicyclic amines) is 1. The molecule has 1 unspecified atom stereocenters. The fraction of sp³-hybridized carbons (Fsp3) is 0.562. The van der Waals surface area contributed by atoms with Crippen LogP contribution in [0.15, 0.2) is 22.9 Å². The maximum Gasteiger partial charge on any atom is 0.272 e. The zero-order valence-electron chi connectivity index (χ0n) is 13.3. The number of rotatable bonds is 4. The molecule has 3 heterocycles. The molecule has 1 amide bonds. The van der Waals surface area contributed by atoms with Gasteiger partial charge in [0.2, 0.25) is 0 Å². The van der Waals surface area contributed by atoms with Gasteiger partial charge < -0.3 is 9.42 Å². The lowest BCUT2D eigenvalue weighted by Crippen LogP contribution is -2.32. The van der Waals surface area contributed by atoms with E-state index < -0.39 is 0 Å². The highest BCUT2D eigenvalue weighted by Crippen LogP contribution is 2.33. The van der Waals surface area contributed by atoms with Crippen molar-refractivity contribution >= 4 is 5.91 Å². The van der Waals surface area contributed by atoms with Gasteiger partial charge in [0, 0.05) is 31.3 Å². The van der Waals surface area contributed by atoms with E-state index in [4.69, 9.17) is 4.52 Å². The molecule has 1 fully saturated rings. The molecular weight excluding hydrogens is 280 g/mol. The summed E-state index contributed by atoms with van der Waals surface area (Å²) in [6, 6.07) is 3.77. The van der Waals surface area contributed by atoms with E-state index in [1.807, 2.05) is 17.9 Å². The predicted octanol–water partition coefficient (Wildman–Crippen LogP) is 2.99. The molecule has 2 aromatic heterocycles. The van der Waals surface area contributed by atoms with E-state index in [2.05, 4.69) is 24.1 Å². The van der Waals surface area contributed by atoms with Gasteiger partial charge in [0.1, 0.15) is 17.1 Å². The summed E-state index contributed by atoms with van der Waals surface area (Å²) < 4.78 is 7.13. The van der Waals surface area contributed by atoms with Crippen molar-refractivity contribution in [2.45, 2.75) is 52.1 Å². The van der Waals surface area contributed by atoms with Gasteiger partial charge in [0.05, 0.1) is 6.04 Å². The first-order valence-electron chi connectivity index (χ1n) is 7.91. The molecule has 0 spiro atoms. The summed E-state index contributed by atoms with van der Waals surface area (Å²) in [5.41, 5.74) is 1.50. The minimum atomic E-state index is 0.00366. The van der Waals surface area contributed by atoms with E-state index >= 15 is 0 Å². The third-order valence-corrected chi connectivity index (χ3v) is 4.21. The van der Waals surface area contributed by atoms with Gasteiger partial charge in [-0.3, -0.25) is 9.48 Å². The van der Waals surface area contributed by atoms with Crippen molar-refractivity contribution < 1.29 is 9.32 Å². The number of carbonyl (C=O) groups is 1. The van der Waals surface area contributed by atoms with Gasteiger partial charge in [-0.2, -0.15) is 5.10 Å². The molecule has 1 aliphatic heterocycles. The van der Waals surface area contributed by atoms with E-state index in [0.29, 0.717) is 18.2 Å². The van der Waals surface area contributed by atoms with Gasteiger partial charge in [0.15, 0.2) is 0 Å². The molecule has 1 aliphatic rings. The number of aromatic nitrogens is 3. The molecule has 6 nitrogen and oxygen atoms in total. The molecule has 0 N–H and O–H groups in total. The smallest absolute Gasteiger partial charge is 0.272 e. The molecular formula is C16H22N4O2. The summed E-state index contributed by atoms with van der Waals surface area (Å²) in [6.45, 7) is 7.57. The van der Waals surface area contributed by atoms with Gasteiger partial charge in [-0.05, 0) is 25.8 Å². The Balaban J connectivity index is 1.85. The third-order valence-electron chi connectivity index (χ3n) is 4.21. The Labute approximate surface area is 130 Å². The van der Waals surface area contributed by atoms with Crippen LogP contribution in [0.1, 0.15) is 67.5 Å². The Morgan fingerprint density at radius 2 is 2.32 bits per heavy atom. The Kier molecular flexibility index (Phi) is 4.00. The summed E-state index contributed by atoms with van der Waals surface area (Å²) in [5, 5.41) is 8.37. The van der Waals surface area contributed by atoms with Gasteiger partial charge in [-0.25, -0.2) is 0 Å². The van der Waals surface area contributed by atoms with Crippen molar-refractivity contribution in [2.75, 3.05) is 6.54 Å². The minimum absolute atomic E-state index is 0.00366. The van der Waals surface area contributed by atoms with Crippen molar-refractivity contribution in [3.63, 3.8) is 0 Å². The molecule has 0 aromatic carbocycles. The molecule has 118 valence electrons. The highest BCUT2D eigenvalue weighted by atomic mass is 16.5. The second kappa shape index (κ2) is 5.94. The van der Waals surface area contributed by atoms with Gasteiger partial charge >= 0.3 is 0 Å². The maximum atomic E-state index is 12.8. The minimum Gasteiger partial charge on any atom is -0.361 e. The number of carbonyl (C=O) groups excluding carboxylic acids is 1. The first kappa shape index (κ1) is 14.8. The average molecular weight is 302 g/mol. The lowest BCUT2D eigenvalue weighted by molar-refractivity contribution is 0.0718. The Morgan fingerprint density at radius 1 is 1.50 bits per heavy atom. The van der Waals surface area contributed by atoms with E-state index in [0.717, 1.165) is 30.8 Å². The van der Waals surface area contributed by atoms with Gasteiger partial charge in [-0.15, -0.1) is 0 Å². The van der Waals surface area contributed by atoms with Gasteiger partial charge in [-0.1, -0.05) is 19.0 Å². The average Bonchev–Trinajstić information content (AvgIpc) is 3.23. The van der Waals surface area contributed by atoms with Crippen LogP contribution in [0.5, 0.6) is 0 Å². The van der Waals surface area contributed by atoms with Crippen LogP contribution in [0, 0.1) is 0 Å². The zero-order chi connectivity index (χ0) is 15.7. The van der Waals surface area contributed by atoms with Crippen LogP contribution in [0.2, 0.25) is 0 Å². The molecule has 1 saturated heterocycles. The molecule has 3 rings (SSSR count). The summed E-state index contributed by atoms with van der Waals surface area (Å²) in [6.07, 6.45) is 3.59. The van der Waals surface area contributed by atoms with Crippen LogP contribution in [0.3, 0.4) is 0 Å². The second-order valence-electron chi connectivity index (χ2n) is 6.00. The molecule has 0 aliphatic carbocycles. The lowest BCUT2D eigenvalue weighted by Gasteiger charge is -2.23. The molecule has 0 bridgehead atoms. The topological polar surface area (TPSA) is 64.2 Å². The SMILES string of the molecule is CCn1nccc1C(=O)N1CCCC1c1cc(C(C)C)on1. The fourth-order valence-electron chi connectivity index (χ4n) is 2.96. The largest absolute Gasteiger partial charge is 0.361 e. The third kappa shape index (κ3) is 2.53. The Bertz CT molecular complexity index is 659. The second-order valence-corrected chi connectivity index (χ2v) is 6.00. The monoisotopic (exact) mass is 302 g/mol. The summed E-state index contributed by atoms with van der Waals surface area (Å²) >= 11 is 0. The van der Waals surface area contributed by atoms with Crippen LogP contribution in [0.25, 0.3) is 0 Å². The van der Waals surface area contributed by atoms with Crippen molar-refractivity contribution in [3.8, 4) is 0 Å². The van der Waals surface area contributed by atoms with Crippen LogP contribution < -0.4 is 0 Å². The van der Waals surface area contributed by atoms with Crippen LogP contribution >= 0.6 is 0 Å². The quantitative estimate of drug-likeness (QED) is 0.871. The summed E-state index contributed by atoms with van der Waals surface area (Å²) in [7, 11) is 0. The molecule has 2 aromatic rings. The number of amides is 1. The Morgan fingerprint density at radius 3 is 3.00 bits per heavy atom. The summed E-state index contributed by atoms with van der Waals surface area (Å²) in [5.74, 6) is 1.19. The van der Waals surface area contributed by atoms with E-state index in [1.54, 1.807) is 16.9 Å². The van der Waals surface area contributed by atoms with Gasteiger partial charge in [0.25, 0.3) is 5.91 Å². The van der Waals surface area contributed by atoms with Crippen molar-refractivity contribution in [1.29, 1.82) is 0 Å². The molecule has 0 radical (unpaired) electrons. The van der Waals surface area contributed by atoms with Crippen LogP contribution in [0.4, 0.5) is 0 Å². The van der Waals surface area contributed by atoms with Crippen molar-refractivity contribution in [2.24, 2.45) is 0 Å². The number of hydrogen-bond donors (Lipinski definition) is 0. The number of aryl methyl sites for hydroxylation is 1. The predicted molar refractivity (Wildman–Crippen MR) is 81.5 cm³/mol. The first-order chi connectivity index (χ1) is 10.6. The zero-order valence-corrected chi connectivity index (χ0v) is 13.3. The Hall–Kier alpha value is -2.11. The molecule has 6 heteroatoms. The molecule has 22 heavy (non-hydrogen) atoms. The van der Waals surface area contributed by atoms with Crippen molar-refractivity contribution in [3.05, 3.63) is 35.5 Å². The lowest BCUT2D eigenvalue weighted by atomic mass is 10.1. The van der Waals surface area contributed by atoms with Crippen LogP contribution in [-0.2, 0) is 6.54 Å². The number of hydrogen-bond acceptors (Lipinski definition) is 4. The highest BCUT2D eigenvalue weighted by Gasteiger charge is 2.34. The highest BCUT2D eigenvalue weighted by molar-refractivity contribution is 5.93. The van der Waals surface area contributed by atoms with Crippen molar-refractivity contribution in [1.82, 2.24) is 19.8 Å². The first-order valence-corrected chi connectivity index (χ1v) is 7.91. The van der Waals surface area contributed by atoms with Crippen LogP contribution in [-0.4, -0.2) is 32.3 Å². The standard InChI is InChI=1S/C16H22N4O2/c1-4-20-14(7-8-17-20)16(21)19-9-5-6-13(19)12-10-15(11(2)3)22-18-12/h7-8,10-11,13H,4-6,9H2,1-3H3. The number of nitrogens with zero attached hydrogens (tertiary/aromatic N) is 4.